The van der Waals surface area contributed by atoms with Gasteiger partial charge in [-0.25, -0.2) is 0 Å². The molecule has 1 aliphatic heterocycles. The number of fused-ring (bicyclic) bond motifs is 1. The van der Waals surface area contributed by atoms with Crippen LogP contribution in [0.15, 0.2) is 60.8 Å². The number of aryl methyl sites for hydroxylation is 1. The van der Waals surface area contributed by atoms with Gasteiger partial charge in [0.1, 0.15) is 11.9 Å². The SMILES string of the molecule is Cc1ccccc1OCC(=O)NC[C@@H]1OCCc2cn(Cc3ccccc3)nc21. The molecule has 1 aromatic heterocycles. The second-order valence-electron chi connectivity index (χ2n) is 7.19. The van der Waals surface area contributed by atoms with Crippen molar-refractivity contribution in [1.29, 1.82) is 0 Å². The molecule has 0 unspecified atom stereocenters. The number of carbonyl (C=O) groups excluding carboxylic acids is 1. The standard InChI is InChI=1S/C23H25N3O3/c1-17-7-5-6-10-20(17)29-16-22(27)24-13-21-23-19(11-12-28-21)15-26(25-23)14-18-8-3-2-4-9-18/h2-10,15,21H,11-14,16H2,1H3,(H,24,27)/t21-/m0/s1. The van der Waals surface area contributed by atoms with Gasteiger partial charge in [0.25, 0.3) is 5.91 Å². The van der Waals surface area contributed by atoms with Crippen molar-refractivity contribution < 1.29 is 14.3 Å². The Morgan fingerprint density at radius 1 is 1.21 bits per heavy atom. The van der Waals surface area contributed by atoms with Crippen molar-refractivity contribution in [2.45, 2.75) is 26.0 Å². The fourth-order valence-electron chi connectivity index (χ4n) is 3.46. The summed E-state index contributed by atoms with van der Waals surface area (Å²) in [4.78, 5) is 12.2. The molecule has 1 atom stereocenters. The highest BCUT2D eigenvalue weighted by atomic mass is 16.5. The quantitative estimate of drug-likeness (QED) is 0.672. The molecule has 0 aliphatic carbocycles. The molecule has 1 amide bonds. The van der Waals surface area contributed by atoms with Gasteiger partial charge in [0.2, 0.25) is 0 Å². The van der Waals surface area contributed by atoms with E-state index in [0.29, 0.717) is 13.2 Å². The Kier molecular flexibility index (Phi) is 5.91. The average molecular weight is 391 g/mol. The number of hydrogen-bond donors (Lipinski definition) is 1. The van der Waals surface area contributed by atoms with Crippen LogP contribution in [0.5, 0.6) is 5.75 Å². The van der Waals surface area contributed by atoms with Gasteiger partial charge in [0, 0.05) is 12.7 Å². The second-order valence-corrected chi connectivity index (χ2v) is 7.19. The first-order valence-corrected chi connectivity index (χ1v) is 9.86. The first-order valence-electron chi connectivity index (χ1n) is 9.86. The maximum Gasteiger partial charge on any atom is 0.258 e. The molecule has 2 heterocycles. The summed E-state index contributed by atoms with van der Waals surface area (Å²) in [7, 11) is 0. The summed E-state index contributed by atoms with van der Waals surface area (Å²) in [5, 5.41) is 7.62. The third-order valence-electron chi connectivity index (χ3n) is 4.99. The Balaban J connectivity index is 1.33. The number of hydrogen-bond acceptors (Lipinski definition) is 4. The van der Waals surface area contributed by atoms with Gasteiger partial charge in [0.15, 0.2) is 6.61 Å². The van der Waals surface area contributed by atoms with Crippen LogP contribution in [0.4, 0.5) is 0 Å². The van der Waals surface area contributed by atoms with Crippen LogP contribution in [0.2, 0.25) is 0 Å². The summed E-state index contributed by atoms with van der Waals surface area (Å²) in [6.45, 7) is 3.66. The summed E-state index contributed by atoms with van der Waals surface area (Å²) in [6, 6.07) is 17.9. The number of benzene rings is 2. The molecule has 0 fully saturated rings. The number of rotatable bonds is 7. The number of nitrogens with one attached hydrogen (secondary N) is 1. The molecule has 1 N–H and O–H groups in total. The zero-order valence-electron chi connectivity index (χ0n) is 16.5. The van der Waals surface area contributed by atoms with Crippen molar-refractivity contribution in [3.63, 3.8) is 0 Å². The van der Waals surface area contributed by atoms with Gasteiger partial charge in [-0.05, 0) is 36.1 Å². The van der Waals surface area contributed by atoms with Crippen LogP contribution >= 0.6 is 0 Å². The van der Waals surface area contributed by atoms with Gasteiger partial charge < -0.3 is 14.8 Å². The zero-order valence-corrected chi connectivity index (χ0v) is 16.5. The summed E-state index contributed by atoms with van der Waals surface area (Å²) >= 11 is 0. The minimum absolute atomic E-state index is 0.0210. The van der Waals surface area contributed by atoms with E-state index in [9.17, 15) is 4.79 Å². The van der Waals surface area contributed by atoms with Gasteiger partial charge >= 0.3 is 0 Å². The van der Waals surface area contributed by atoms with E-state index in [-0.39, 0.29) is 18.6 Å². The van der Waals surface area contributed by atoms with Gasteiger partial charge in [-0.15, -0.1) is 0 Å². The van der Waals surface area contributed by atoms with E-state index >= 15 is 0 Å². The molecule has 1 aliphatic rings. The molecule has 150 valence electrons. The largest absolute Gasteiger partial charge is 0.484 e. The van der Waals surface area contributed by atoms with Crippen LogP contribution in [0.3, 0.4) is 0 Å². The maximum absolute atomic E-state index is 12.2. The number of amides is 1. The second kappa shape index (κ2) is 8.92. The number of ether oxygens (including phenoxy) is 2. The van der Waals surface area contributed by atoms with E-state index in [4.69, 9.17) is 14.6 Å². The van der Waals surface area contributed by atoms with E-state index in [2.05, 4.69) is 23.6 Å². The highest BCUT2D eigenvalue weighted by Gasteiger charge is 2.25. The Hall–Kier alpha value is -3.12. The first-order chi connectivity index (χ1) is 14.2. The molecule has 6 heteroatoms. The highest BCUT2D eigenvalue weighted by Crippen LogP contribution is 2.25. The van der Waals surface area contributed by atoms with Crippen molar-refractivity contribution in [3.05, 3.63) is 83.2 Å². The third-order valence-corrected chi connectivity index (χ3v) is 4.99. The summed E-state index contributed by atoms with van der Waals surface area (Å²) in [5.41, 5.74) is 4.30. The van der Waals surface area contributed by atoms with Crippen molar-refractivity contribution in [1.82, 2.24) is 15.1 Å². The summed E-state index contributed by atoms with van der Waals surface area (Å²) < 4.78 is 13.4. The minimum Gasteiger partial charge on any atom is -0.484 e. The molecule has 29 heavy (non-hydrogen) atoms. The van der Waals surface area contributed by atoms with Crippen LogP contribution in [0, 0.1) is 6.92 Å². The molecule has 6 nitrogen and oxygen atoms in total. The molecular weight excluding hydrogens is 366 g/mol. The third kappa shape index (κ3) is 4.84. The molecule has 0 saturated carbocycles. The molecule has 0 saturated heterocycles. The lowest BCUT2D eigenvalue weighted by atomic mass is 10.1. The Labute approximate surface area is 170 Å². The van der Waals surface area contributed by atoms with Crippen LogP contribution < -0.4 is 10.1 Å². The molecule has 3 aromatic rings. The Bertz CT molecular complexity index is 969. The van der Waals surface area contributed by atoms with Crippen LogP contribution in [0.25, 0.3) is 0 Å². The monoisotopic (exact) mass is 391 g/mol. The van der Waals surface area contributed by atoms with Gasteiger partial charge in [0.05, 0.1) is 18.8 Å². The van der Waals surface area contributed by atoms with E-state index < -0.39 is 0 Å². The molecule has 2 aromatic carbocycles. The van der Waals surface area contributed by atoms with Crippen LogP contribution in [0.1, 0.15) is 28.5 Å². The first kappa shape index (κ1) is 19.2. The number of nitrogens with zero attached hydrogens (tertiary/aromatic N) is 2. The molecular formula is C23H25N3O3. The smallest absolute Gasteiger partial charge is 0.258 e. The van der Waals surface area contributed by atoms with Gasteiger partial charge in [-0.1, -0.05) is 48.5 Å². The Morgan fingerprint density at radius 2 is 2.00 bits per heavy atom. The fraction of sp³-hybridized carbons (Fsp3) is 0.304. The lowest BCUT2D eigenvalue weighted by Gasteiger charge is -2.22. The van der Waals surface area contributed by atoms with Gasteiger partial charge in [-0.3, -0.25) is 9.48 Å². The van der Waals surface area contributed by atoms with E-state index in [0.717, 1.165) is 30.0 Å². The summed E-state index contributed by atoms with van der Waals surface area (Å²) in [6.07, 6.45) is 2.68. The lowest BCUT2D eigenvalue weighted by molar-refractivity contribution is -0.123. The van der Waals surface area contributed by atoms with Crippen molar-refractivity contribution in [2.24, 2.45) is 0 Å². The van der Waals surface area contributed by atoms with E-state index in [1.165, 1.54) is 11.1 Å². The number of carbonyl (C=O) groups is 1. The molecule has 0 spiro atoms. The highest BCUT2D eigenvalue weighted by molar-refractivity contribution is 5.77. The average Bonchev–Trinajstić information content (AvgIpc) is 3.15. The van der Waals surface area contributed by atoms with Gasteiger partial charge in [-0.2, -0.15) is 5.10 Å². The van der Waals surface area contributed by atoms with E-state index in [1.54, 1.807) is 0 Å². The molecule has 0 radical (unpaired) electrons. The molecule has 0 bridgehead atoms. The predicted octanol–water partition coefficient (Wildman–Crippen LogP) is 3.05. The Morgan fingerprint density at radius 3 is 2.83 bits per heavy atom. The number of para-hydroxylation sites is 1. The topological polar surface area (TPSA) is 65.4 Å². The normalized spacial score (nSPS) is 15.6. The van der Waals surface area contributed by atoms with Crippen LogP contribution in [-0.2, 0) is 22.5 Å². The predicted molar refractivity (Wildman–Crippen MR) is 110 cm³/mol. The lowest BCUT2D eigenvalue weighted by Crippen LogP contribution is -2.34. The molecule has 4 rings (SSSR count). The fourth-order valence-corrected chi connectivity index (χ4v) is 3.46. The van der Waals surface area contributed by atoms with Crippen molar-refractivity contribution in [2.75, 3.05) is 19.8 Å². The summed E-state index contributed by atoms with van der Waals surface area (Å²) in [5.74, 6) is 0.547. The maximum atomic E-state index is 12.2. The number of aromatic nitrogens is 2. The van der Waals surface area contributed by atoms with Crippen molar-refractivity contribution >= 4 is 5.91 Å². The van der Waals surface area contributed by atoms with Crippen LogP contribution in [-0.4, -0.2) is 35.4 Å². The van der Waals surface area contributed by atoms with E-state index in [1.807, 2.05) is 54.1 Å². The minimum atomic E-state index is -0.238. The van der Waals surface area contributed by atoms with Crippen molar-refractivity contribution in [3.8, 4) is 5.75 Å². The zero-order chi connectivity index (χ0) is 20.1.